The van der Waals surface area contributed by atoms with Crippen molar-refractivity contribution >= 4 is 11.8 Å². The molecule has 4 unspecified atom stereocenters. The average molecular weight is 251 g/mol. The summed E-state index contributed by atoms with van der Waals surface area (Å²) in [5.41, 5.74) is 0. The van der Waals surface area contributed by atoms with E-state index in [-0.39, 0.29) is 17.9 Å². The summed E-state index contributed by atoms with van der Waals surface area (Å²) in [4.78, 5) is 27.3. The van der Waals surface area contributed by atoms with E-state index < -0.39 is 0 Å². The third-order valence-electron chi connectivity index (χ3n) is 4.70. The molecule has 0 saturated carbocycles. The van der Waals surface area contributed by atoms with Crippen LogP contribution in [0.5, 0.6) is 0 Å². The number of nitrogens with zero attached hydrogens (tertiary/aromatic N) is 2. The van der Waals surface area contributed by atoms with Crippen LogP contribution in [0.25, 0.3) is 0 Å². The van der Waals surface area contributed by atoms with E-state index in [1.165, 1.54) is 24.4 Å². The predicted molar refractivity (Wildman–Crippen MR) is 66.9 cm³/mol. The summed E-state index contributed by atoms with van der Waals surface area (Å²) >= 11 is 0. The molecule has 2 bridgehead atoms. The number of imide groups is 1. The predicted octanol–water partition coefficient (Wildman–Crippen LogP) is -0.182. The number of rotatable bonds is 2. The second kappa shape index (κ2) is 4.63. The van der Waals surface area contributed by atoms with Crippen LogP contribution in [0.15, 0.2) is 0 Å². The third kappa shape index (κ3) is 2.06. The van der Waals surface area contributed by atoms with Gasteiger partial charge in [-0.15, -0.1) is 0 Å². The number of nitrogens with one attached hydrogen (secondary N) is 1. The quantitative estimate of drug-likeness (QED) is 0.692. The molecule has 0 aromatic rings. The van der Waals surface area contributed by atoms with E-state index in [9.17, 15) is 9.59 Å². The van der Waals surface area contributed by atoms with Gasteiger partial charge in [-0.2, -0.15) is 0 Å². The number of hydrogen-bond acceptors (Lipinski definition) is 4. The van der Waals surface area contributed by atoms with Crippen LogP contribution >= 0.6 is 0 Å². The molecular weight excluding hydrogens is 230 g/mol. The second-order valence-corrected chi connectivity index (χ2v) is 5.79. The monoisotopic (exact) mass is 251 g/mol. The average Bonchev–Trinajstić information content (AvgIpc) is 2.76. The maximum atomic E-state index is 12.0. The largest absolute Gasteiger partial charge is 0.303 e. The summed E-state index contributed by atoms with van der Waals surface area (Å²) < 4.78 is 0. The topological polar surface area (TPSA) is 52.7 Å². The molecule has 0 aromatic carbocycles. The molecule has 100 valence electrons. The summed E-state index contributed by atoms with van der Waals surface area (Å²) in [6.45, 7) is 3.52. The maximum Gasteiger partial charge on any atom is 0.246 e. The van der Waals surface area contributed by atoms with E-state index in [0.717, 1.165) is 13.0 Å². The molecule has 3 heterocycles. The van der Waals surface area contributed by atoms with Gasteiger partial charge in [-0.25, -0.2) is 0 Å². The van der Waals surface area contributed by atoms with Crippen molar-refractivity contribution < 1.29 is 9.59 Å². The Hall–Kier alpha value is -0.940. The zero-order valence-electron chi connectivity index (χ0n) is 10.9. The van der Waals surface area contributed by atoms with E-state index in [4.69, 9.17) is 0 Å². The highest BCUT2D eigenvalue weighted by Crippen LogP contribution is 2.28. The van der Waals surface area contributed by atoms with Gasteiger partial charge in [0.15, 0.2) is 0 Å². The Morgan fingerprint density at radius 1 is 1.17 bits per heavy atom. The Balaban J connectivity index is 1.62. The number of fused-ring (bicyclic) bond motifs is 2. The van der Waals surface area contributed by atoms with Crippen LogP contribution in [0, 0.1) is 5.92 Å². The third-order valence-corrected chi connectivity index (χ3v) is 4.70. The molecule has 0 aromatic heterocycles. The fraction of sp³-hybridized carbons (Fsp3) is 0.846. The molecule has 0 spiro atoms. The molecule has 3 aliphatic heterocycles. The van der Waals surface area contributed by atoms with Gasteiger partial charge in [-0.1, -0.05) is 0 Å². The Morgan fingerprint density at radius 2 is 1.94 bits per heavy atom. The van der Waals surface area contributed by atoms with Crippen molar-refractivity contribution in [3.05, 3.63) is 0 Å². The van der Waals surface area contributed by atoms with Gasteiger partial charge in [0.05, 0.1) is 6.04 Å². The maximum absolute atomic E-state index is 12.0. The fourth-order valence-electron chi connectivity index (χ4n) is 3.50. The number of hydrogen-bond donors (Lipinski definition) is 1. The summed E-state index contributed by atoms with van der Waals surface area (Å²) in [7, 11) is 1.59. The van der Waals surface area contributed by atoms with Crippen LogP contribution in [0.4, 0.5) is 0 Å². The number of carbonyl (C=O) groups is 2. The minimum Gasteiger partial charge on any atom is -0.303 e. The fourth-order valence-corrected chi connectivity index (χ4v) is 3.50. The number of piperidine rings is 2. The zero-order chi connectivity index (χ0) is 12.7. The lowest BCUT2D eigenvalue weighted by atomic mass is 9.92. The molecule has 1 N–H and O–H groups in total. The Kier molecular flexibility index (Phi) is 3.11. The van der Waals surface area contributed by atoms with Crippen LogP contribution < -0.4 is 5.32 Å². The molecule has 3 fully saturated rings. The summed E-state index contributed by atoms with van der Waals surface area (Å²) in [5, 5.41) is 3.52. The van der Waals surface area contributed by atoms with Gasteiger partial charge in [-0.3, -0.25) is 14.5 Å². The molecule has 2 amide bonds. The lowest BCUT2D eigenvalue weighted by Crippen LogP contribution is -2.56. The minimum atomic E-state index is -0.148. The van der Waals surface area contributed by atoms with Gasteiger partial charge in [0.2, 0.25) is 11.8 Å². The van der Waals surface area contributed by atoms with Gasteiger partial charge in [-0.05, 0) is 38.3 Å². The lowest BCUT2D eigenvalue weighted by molar-refractivity contribution is -0.148. The van der Waals surface area contributed by atoms with Crippen LogP contribution in [0.3, 0.4) is 0 Å². The molecule has 5 nitrogen and oxygen atoms in total. The number of likely N-dealkylation sites (N-methyl/N-ethyl adjacent to an activating group) is 1. The highest BCUT2D eigenvalue weighted by Gasteiger charge is 2.38. The SMILES string of the molecule is CN1C(=O)CCC(NC2CCN3CCC2C3)C1=O. The molecule has 3 rings (SSSR count). The van der Waals surface area contributed by atoms with Gasteiger partial charge in [0.1, 0.15) is 0 Å². The van der Waals surface area contributed by atoms with Crippen molar-refractivity contribution in [2.45, 2.75) is 37.8 Å². The highest BCUT2D eigenvalue weighted by molar-refractivity contribution is 6.00. The van der Waals surface area contributed by atoms with Gasteiger partial charge in [0.25, 0.3) is 0 Å². The van der Waals surface area contributed by atoms with Gasteiger partial charge < -0.3 is 10.2 Å². The standard InChI is InChI=1S/C13H21N3O2/c1-15-12(17)3-2-11(13(15)18)14-10-5-7-16-6-4-9(10)8-16/h9-11,14H,2-8H2,1H3. The van der Waals surface area contributed by atoms with Crippen molar-refractivity contribution in [3.8, 4) is 0 Å². The Labute approximate surface area is 107 Å². The number of carbonyl (C=O) groups excluding carboxylic acids is 2. The van der Waals surface area contributed by atoms with Gasteiger partial charge >= 0.3 is 0 Å². The van der Waals surface area contributed by atoms with Crippen molar-refractivity contribution in [2.75, 3.05) is 26.7 Å². The number of likely N-dealkylation sites (tertiary alicyclic amines) is 1. The first-order valence-corrected chi connectivity index (χ1v) is 6.94. The first-order valence-electron chi connectivity index (χ1n) is 6.94. The molecular formula is C13H21N3O2. The Morgan fingerprint density at radius 3 is 2.78 bits per heavy atom. The van der Waals surface area contributed by atoms with Crippen molar-refractivity contribution in [1.82, 2.24) is 15.1 Å². The van der Waals surface area contributed by atoms with Crippen LogP contribution in [-0.2, 0) is 9.59 Å². The Bertz CT molecular complexity index is 371. The van der Waals surface area contributed by atoms with Crippen molar-refractivity contribution in [2.24, 2.45) is 5.92 Å². The summed E-state index contributed by atoms with van der Waals surface area (Å²) in [6, 6.07) is 0.309. The molecule has 18 heavy (non-hydrogen) atoms. The van der Waals surface area contributed by atoms with Crippen LogP contribution in [0.1, 0.15) is 25.7 Å². The second-order valence-electron chi connectivity index (χ2n) is 5.79. The van der Waals surface area contributed by atoms with E-state index in [1.54, 1.807) is 7.05 Å². The molecule has 5 heteroatoms. The first-order chi connectivity index (χ1) is 8.65. The van der Waals surface area contributed by atoms with E-state index >= 15 is 0 Å². The molecule has 3 saturated heterocycles. The highest BCUT2D eigenvalue weighted by atomic mass is 16.2. The van der Waals surface area contributed by atoms with Gasteiger partial charge in [0, 0.05) is 26.1 Å². The van der Waals surface area contributed by atoms with Crippen molar-refractivity contribution in [3.63, 3.8) is 0 Å². The smallest absolute Gasteiger partial charge is 0.246 e. The first kappa shape index (κ1) is 12.1. The summed E-state index contributed by atoms with van der Waals surface area (Å²) in [5.74, 6) is 0.592. The zero-order valence-corrected chi connectivity index (χ0v) is 10.9. The lowest BCUT2D eigenvalue weighted by Gasteiger charge is -2.36. The normalized spacial score (nSPS) is 40.4. The van der Waals surface area contributed by atoms with E-state index in [0.29, 0.717) is 24.8 Å². The van der Waals surface area contributed by atoms with Crippen molar-refractivity contribution in [1.29, 1.82) is 0 Å². The van der Waals surface area contributed by atoms with Crippen LogP contribution in [0.2, 0.25) is 0 Å². The summed E-state index contributed by atoms with van der Waals surface area (Å²) in [6.07, 6.45) is 3.53. The molecule has 0 radical (unpaired) electrons. The minimum absolute atomic E-state index is 0.0475. The van der Waals surface area contributed by atoms with E-state index in [1.807, 2.05) is 0 Å². The van der Waals surface area contributed by atoms with E-state index in [2.05, 4.69) is 10.2 Å². The molecule has 3 aliphatic rings. The van der Waals surface area contributed by atoms with Crippen LogP contribution in [-0.4, -0.2) is 60.4 Å². The number of amides is 2. The molecule has 4 atom stereocenters. The molecule has 0 aliphatic carbocycles.